The monoisotopic (exact) mass is 461 g/mol. The van der Waals surface area contributed by atoms with Crippen molar-refractivity contribution in [1.29, 1.82) is 0 Å². The molecule has 170 valence electrons. The van der Waals surface area contributed by atoms with Gasteiger partial charge in [-0.25, -0.2) is 0 Å². The van der Waals surface area contributed by atoms with Gasteiger partial charge in [0.2, 0.25) is 0 Å². The Bertz CT molecular complexity index is 1150. The lowest BCUT2D eigenvalue weighted by atomic mass is 9.99. The van der Waals surface area contributed by atoms with Crippen LogP contribution in [0.15, 0.2) is 71.6 Å². The number of nitrogens with zero attached hydrogens (tertiary/aromatic N) is 1. The van der Waals surface area contributed by atoms with Crippen LogP contribution >= 0.6 is 11.3 Å². The molecule has 3 aromatic rings. The number of rotatable bonds is 8. The van der Waals surface area contributed by atoms with E-state index in [0.717, 1.165) is 29.7 Å². The zero-order chi connectivity index (χ0) is 23.4. The second-order valence-corrected chi connectivity index (χ2v) is 9.08. The van der Waals surface area contributed by atoms with E-state index >= 15 is 0 Å². The molecule has 1 aromatic heterocycles. The van der Waals surface area contributed by atoms with E-state index in [1.807, 2.05) is 48.7 Å². The number of hydrogen-bond acceptors (Lipinski definition) is 5. The van der Waals surface area contributed by atoms with E-state index in [9.17, 15) is 14.7 Å². The number of ketones is 1. The van der Waals surface area contributed by atoms with E-state index in [2.05, 4.69) is 6.92 Å². The number of benzene rings is 2. The average Bonchev–Trinajstić information content (AvgIpc) is 3.44. The third-order valence-corrected chi connectivity index (χ3v) is 6.64. The van der Waals surface area contributed by atoms with Crippen molar-refractivity contribution >= 4 is 34.5 Å². The largest absolute Gasteiger partial charge is 0.507 e. The van der Waals surface area contributed by atoms with Crippen molar-refractivity contribution in [3.05, 3.63) is 87.6 Å². The van der Waals surface area contributed by atoms with Crippen molar-refractivity contribution in [3.8, 4) is 5.75 Å². The fraction of sp³-hybridized carbons (Fsp3) is 0.259. The number of hydrogen-bond donors (Lipinski definition) is 1. The summed E-state index contributed by atoms with van der Waals surface area (Å²) < 4.78 is 5.75. The number of carbonyl (C=O) groups is 2. The molecule has 33 heavy (non-hydrogen) atoms. The Morgan fingerprint density at radius 2 is 1.76 bits per heavy atom. The summed E-state index contributed by atoms with van der Waals surface area (Å²) >= 11 is 1.45. The highest BCUT2D eigenvalue weighted by Crippen LogP contribution is 2.43. The number of unbranched alkanes of at least 4 members (excludes halogenated alkanes) is 2. The Morgan fingerprint density at radius 1 is 1.03 bits per heavy atom. The van der Waals surface area contributed by atoms with Crippen molar-refractivity contribution in [2.24, 2.45) is 0 Å². The summed E-state index contributed by atoms with van der Waals surface area (Å²) in [6.45, 7) is 4.74. The maximum atomic E-state index is 13.1. The molecule has 0 aliphatic carbocycles. The standard InChI is InChI=1S/C27H27NO4S/c1-3-4-5-16-32-21-14-10-19(11-15-21)25(29)23-24(22-7-6-17-33-22)28(27(31)26(23)30)20-12-8-18(2)9-13-20/h6-15,17,24,29H,3-5,16H2,1-2H3/b25-23-. The third-order valence-electron chi connectivity index (χ3n) is 5.71. The highest BCUT2D eigenvalue weighted by molar-refractivity contribution is 7.10. The lowest BCUT2D eigenvalue weighted by Gasteiger charge is -2.24. The first-order valence-electron chi connectivity index (χ1n) is 11.2. The first kappa shape index (κ1) is 22.8. The van der Waals surface area contributed by atoms with Gasteiger partial charge in [0.1, 0.15) is 17.6 Å². The molecule has 4 rings (SSSR count). The predicted molar refractivity (Wildman–Crippen MR) is 132 cm³/mol. The lowest BCUT2D eigenvalue weighted by Crippen LogP contribution is -2.29. The quantitative estimate of drug-likeness (QED) is 0.186. The highest BCUT2D eigenvalue weighted by atomic mass is 32.1. The van der Waals surface area contributed by atoms with E-state index in [0.29, 0.717) is 23.6 Å². The number of aliphatic hydroxyl groups excluding tert-OH is 1. The Morgan fingerprint density at radius 3 is 2.39 bits per heavy atom. The minimum atomic E-state index is -0.689. The molecule has 5 nitrogen and oxygen atoms in total. The summed E-state index contributed by atoms with van der Waals surface area (Å²) in [7, 11) is 0. The van der Waals surface area contributed by atoms with Crippen molar-refractivity contribution in [1.82, 2.24) is 0 Å². The summed E-state index contributed by atoms with van der Waals surface area (Å²) in [5.41, 5.74) is 2.25. The number of carbonyl (C=O) groups excluding carboxylic acids is 2. The molecule has 1 atom stereocenters. The number of thiophene rings is 1. The molecular weight excluding hydrogens is 434 g/mol. The molecule has 1 amide bonds. The minimum Gasteiger partial charge on any atom is -0.507 e. The number of aliphatic hydroxyl groups is 1. The van der Waals surface area contributed by atoms with E-state index < -0.39 is 17.7 Å². The van der Waals surface area contributed by atoms with Gasteiger partial charge in [0.25, 0.3) is 11.7 Å². The van der Waals surface area contributed by atoms with Gasteiger partial charge in [-0.05, 0) is 61.2 Å². The van der Waals surface area contributed by atoms with Gasteiger partial charge >= 0.3 is 0 Å². The topological polar surface area (TPSA) is 66.8 Å². The van der Waals surface area contributed by atoms with Crippen LogP contribution in [0.25, 0.3) is 5.76 Å². The maximum Gasteiger partial charge on any atom is 0.300 e. The van der Waals surface area contributed by atoms with Crippen LogP contribution in [0.4, 0.5) is 5.69 Å². The first-order valence-corrected chi connectivity index (χ1v) is 12.0. The predicted octanol–water partition coefficient (Wildman–Crippen LogP) is 6.25. The normalized spacial score (nSPS) is 17.5. The first-order chi connectivity index (χ1) is 16.0. The molecule has 0 saturated carbocycles. The molecule has 1 saturated heterocycles. The van der Waals surface area contributed by atoms with Crippen molar-refractivity contribution in [3.63, 3.8) is 0 Å². The average molecular weight is 462 g/mol. The smallest absolute Gasteiger partial charge is 0.300 e. The number of aryl methyl sites for hydroxylation is 1. The van der Waals surface area contributed by atoms with E-state index in [1.54, 1.807) is 24.3 Å². The number of ether oxygens (including phenoxy) is 1. The fourth-order valence-corrected chi connectivity index (χ4v) is 4.75. The van der Waals surface area contributed by atoms with Crippen LogP contribution in [0, 0.1) is 6.92 Å². The van der Waals surface area contributed by atoms with Gasteiger partial charge in [0.15, 0.2) is 0 Å². The Balaban J connectivity index is 1.70. The Labute approximate surface area is 197 Å². The summed E-state index contributed by atoms with van der Waals surface area (Å²) in [6.07, 6.45) is 3.23. The SMILES string of the molecule is CCCCCOc1ccc(/C(O)=C2/C(=O)C(=O)N(c3ccc(C)cc3)C2c2cccs2)cc1. The van der Waals surface area contributed by atoms with Gasteiger partial charge in [-0.1, -0.05) is 43.5 Å². The minimum absolute atomic E-state index is 0.0969. The Kier molecular flexibility index (Phi) is 6.94. The van der Waals surface area contributed by atoms with Crippen LogP contribution in [-0.4, -0.2) is 23.4 Å². The second-order valence-electron chi connectivity index (χ2n) is 8.10. The van der Waals surface area contributed by atoms with Crippen LogP contribution in [0.3, 0.4) is 0 Å². The summed E-state index contributed by atoms with van der Waals surface area (Å²) in [5.74, 6) is -0.808. The van der Waals surface area contributed by atoms with Crippen LogP contribution in [0.2, 0.25) is 0 Å². The Hall–Kier alpha value is -3.38. The lowest BCUT2D eigenvalue weighted by molar-refractivity contribution is -0.132. The van der Waals surface area contributed by atoms with Gasteiger partial charge in [0, 0.05) is 16.1 Å². The number of amides is 1. The summed E-state index contributed by atoms with van der Waals surface area (Å²) in [6, 6.07) is 17.5. The number of anilines is 1. The zero-order valence-electron chi connectivity index (χ0n) is 18.8. The van der Waals surface area contributed by atoms with Crippen molar-refractivity contribution < 1.29 is 19.4 Å². The molecule has 6 heteroatoms. The highest BCUT2D eigenvalue weighted by Gasteiger charge is 2.47. The van der Waals surface area contributed by atoms with Crippen molar-refractivity contribution in [2.45, 2.75) is 39.2 Å². The van der Waals surface area contributed by atoms with Gasteiger partial charge < -0.3 is 9.84 Å². The molecule has 0 spiro atoms. The van der Waals surface area contributed by atoms with Crippen molar-refractivity contribution in [2.75, 3.05) is 11.5 Å². The molecule has 2 heterocycles. The van der Waals surface area contributed by atoms with Crippen LogP contribution in [0.5, 0.6) is 5.75 Å². The van der Waals surface area contributed by atoms with E-state index in [4.69, 9.17) is 4.74 Å². The zero-order valence-corrected chi connectivity index (χ0v) is 19.6. The van der Waals surface area contributed by atoms with Gasteiger partial charge in [-0.2, -0.15) is 0 Å². The van der Waals surface area contributed by atoms with Crippen LogP contribution < -0.4 is 9.64 Å². The van der Waals surface area contributed by atoms with E-state index in [1.165, 1.54) is 16.2 Å². The van der Waals surface area contributed by atoms with E-state index in [-0.39, 0.29) is 11.3 Å². The molecule has 0 bridgehead atoms. The molecule has 1 N–H and O–H groups in total. The van der Waals surface area contributed by atoms with Crippen LogP contribution in [-0.2, 0) is 9.59 Å². The third kappa shape index (κ3) is 4.71. The number of Topliss-reactive ketones (excluding diaryl/α,β-unsaturated/α-hetero) is 1. The molecule has 2 aromatic carbocycles. The molecule has 1 fully saturated rings. The molecule has 0 radical (unpaired) electrons. The van der Waals surface area contributed by atoms with Crippen LogP contribution in [0.1, 0.15) is 48.2 Å². The molecule has 1 unspecified atom stereocenters. The summed E-state index contributed by atoms with van der Waals surface area (Å²) in [5, 5.41) is 13.1. The second kappa shape index (κ2) is 10.0. The molecule has 1 aliphatic rings. The summed E-state index contributed by atoms with van der Waals surface area (Å²) in [4.78, 5) is 28.5. The van der Waals surface area contributed by atoms with Gasteiger partial charge in [-0.3, -0.25) is 14.5 Å². The maximum absolute atomic E-state index is 13.1. The van der Waals surface area contributed by atoms with Gasteiger partial charge in [0.05, 0.1) is 12.2 Å². The fourth-order valence-electron chi connectivity index (χ4n) is 3.93. The van der Waals surface area contributed by atoms with Gasteiger partial charge in [-0.15, -0.1) is 11.3 Å². The molecular formula is C27H27NO4S. The molecule has 1 aliphatic heterocycles.